The van der Waals surface area contributed by atoms with Gasteiger partial charge in [-0.25, -0.2) is 4.68 Å². The Morgan fingerprint density at radius 3 is 2.53 bits per heavy atom. The predicted octanol–water partition coefficient (Wildman–Crippen LogP) is 3.45. The Balaban J connectivity index is 2.40. The van der Waals surface area contributed by atoms with Crippen LogP contribution in [0.3, 0.4) is 0 Å². The van der Waals surface area contributed by atoms with E-state index in [9.17, 15) is 23.3 Å². The zero-order valence-electron chi connectivity index (χ0n) is 9.06. The van der Waals surface area contributed by atoms with E-state index in [0.29, 0.717) is 6.20 Å². The maximum atomic E-state index is 12.4. The molecule has 0 unspecified atom stereocenters. The Kier molecular flexibility index (Phi) is 3.19. The third-order valence-electron chi connectivity index (χ3n) is 2.30. The van der Waals surface area contributed by atoms with E-state index in [2.05, 4.69) is 5.10 Å². The van der Waals surface area contributed by atoms with Crippen molar-refractivity contribution in [1.29, 1.82) is 0 Å². The van der Waals surface area contributed by atoms with Gasteiger partial charge in [-0.2, -0.15) is 18.3 Å². The minimum atomic E-state index is -4.50. The largest absolute Gasteiger partial charge is 0.419 e. The number of benzene rings is 1. The normalized spacial score (nSPS) is 11.6. The van der Waals surface area contributed by atoms with E-state index in [4.69, 9.17) is 11.6 Å². The van der Waals surface area contributed by atoms with Crippen LogP contribution in [0.1, 0.15) is 5.56 Å². The second-order valence-corrected chi connectivity index (χ2v) is 3.97. The molecule has 0 N–H and O–H groups in total. The molecule has 0 aliphatic heterocycles. The molecule has 100 valence electrons. The van der Waals surface area contributed by atoms with Gasteiger partial charge in [0.15, 0.2) is 0 Å². The number of aromatic nitrogens is 2. The van der Waals surface area contributed by atoms with Crippen molar-refractivity contribution >= 4 is 17.3 Å². The van der Waals surface area contributed by atoms with Crippen LogP contribution < -0.4 is 0 Å². The predicted molar refractivity (Wildman–Crippen MR) is 60.2 cm³/mol. The average molecular weight is 292 g/mol. The molecule has 0 spiro atoms. The quantitative estimate of drug-likeness (QED) is 0.629. The van der Waals surface area contributed by atoms with Crippen LogP contribution in [0.25, 0.3) is 5.69 Å². The first kappa shape index (κ1) is 13.3. The van der Waals surface area contributed by atoms with Gasteiger partial charge in [0, 0.05) is 12.3 Å². The van der Waals surface area contributed by atoms with E-state index < -0.39 is 16.7 Å². The van der Waals surface area contributed by atoms with Gasteiger partial charge in [0.1, 0.15) is 5.02 Å². The Labute approximate surface area is 109 Å². The van der Waals surface area contributed by atoms with Crippen LogP contribution in [-0.2, 0) is 6.18 Å². The maximum absolute atomic E-state index is 12.4. The summed E-state index contributed by atoms with van der Waals surface area (Å²) in [5.74, 6) is 0. The number of rotatable bonds is 2. The molecule has 0 saturated heterocycles. The van der Waals surface area contributed by atoms with Crippen LogP contribution in [0.4, 0.5) is 18.9 Å². The minimum absolute atomic E-state index is 0.174. The SMILES string of the molecule is O=[N+]([O-])c1ccc(-n2cc(C(F)(F)F)cn2)cc1Cl. The zero-order chi connectivity index (χ0) is 14.2. The molecule has 2 rings (SSSR count). The first-order valence-corrected chi connectivity index (χ1v) is 5.23. The van der Waals surface area contributed by atoms with Crippen molar-refractivity contribution in [3.05, 3.63) is 51.3 Å². The van der Waals surface area contributed by atoms with Gasteiger partial charge in [-0.3, -0.25) is 10.1 Å². The molecular weight excluding hydrogens is 287 g/mol. The lowest BCUT2D eigenvalue weighted by molar-refractivity contribution is -0.384. The summed E-state index contributed by atoms with van der Waals surface area (Å²) in [6, 6.07) is 3.54. The Hall–Kier alpha value is -2.09. The van der Waals surface area contributed by atoms with Crippen molar-refractivity contribution in [2.45, 2.75) is 6.18 Å². The van der Waals surface area contributed by atoms with Crippen LogP contribution >= 0.6 is 11.6 Å². The summed E-state index contributed by atoms with van der Waals surface area (Å²) in [5.41, 5.74) is -1.04. The van der Waals surface area contributed by atoms with E-state index >= 15 is 0 Å². The number of nitro benzene ring substituents is 1. The van der Waals surface area contributed by atoms with Crippen molar-refractivity contribution in [1.82, 2.24) is 9.78 Å². The van der Waals surface area contributed by atoms with E-state index in [-0.39, 0.29) is 16.4 Å². The lowest BCUT2D eigenvalue weighted by Crippen LogP contribution is -2.03. The molecule has 0 aliphatic carbocycles. The number of hydrogen-bond donors (Lipinski definition) is 0. The summed E-state index contributed by atoms with van der Waals surface area (Å²) in [7, 11) is 0. The van der Waals surface area contributed by atoms with Crippen molar-refractivity contribution in [3.63, 3.8) is 0 Å². The van der Waals surface area contributed by atoms with E-state index in [1.807, 2.05) is 0 Å². The molecule has 0 fully saturated rings. The third-order valence-corrected chi connectivity index (χ3v) is 2.61. The summed E-state index contributed by atoms with van der Waals surface area (Å²) >= 11 is 5.67. The Morgan fingerprint density at radius 1 is 1.37 bits per heavy atom. The fraction of sp³-hybridized carbons (Fsp3) is 0.100. The zero-order valence-corrected chi connectivity index (χ0v) is 9.81. The molecule has 1 aromatic carbocycles. The highest BCUT2D eigenvalue weighted by atomic mass is 35.5. The molecule has 1 heterocycles. The summed E-state index contributed by atoms with van der Waals surface area (Å²) in [5, 5.41) is 13.9. The summed E-state index contributed by atoms with van der Waals surface area (Å²) in [6.45, 7) is 0. The first-order valence-electron chi connectivity index (χ1n) is 4.85. The number of halogens is 4. The molecule has 0 bridgehead atoms. The van der Waals surface area contributed by atoms with Gasteiger partial charge < -0.3 is 0 Å². The number of hydrogen-bond acceptors (Lipinski definition) is 3. The average Bonchev–Trinajstić information content (AvgIpc) is 2.76. The topological polar surface area (TPSA) is 61.0 Å². The van der Waals surface area contributed by atoms with Crippen LogP contribution in [0, 0.1) is 10.1 Å². The standard InChI is InChI=1S/C10H5ClF3N3O2/c11-8-3-7(1-2-9(8)17(18)19)16-5-6(4-15-16)10(12,13)14/h1-5H. The van der Waals surface area contributed by atoms with Gasteiger partial charge in [0.05, 0.1) is 22.4 Å². The molecule has 2 aromatic rings. The number of alkyl halides is 3. The molecule has 9 heteroatoms. The highest BCUT2D eigenvalue weighted by Crippen LogP contribution is 2.30. The molecule has 0 saturated carbocycles. The fourth-order valence-electron chi connectivity index (χ4n) is 1.40. The number of nitro groups is 1. The second kappa shape index (κ2) is 4.54. The van der Waals surface area contributed by atoms with Gasteiger partial charge in [-0.1, -0.05) is 11.6 Å². The molecule has 19 heavy (non-hydrogen) atoms. The number of nitrogens with zero attached hydrogens (tertiary/aromatic N) is 3. The Bertz CT molecular complexity index is 639. The highest BCUT2D eigenvalue weighted by Gasteiger charge is 2.32. The summed E-state index contributed by atoms with van der Waals surface area (Å²) in [6.07, 6.45) is -3.06. The monoisotopic (exact) mass is 291 g/mol. The molecule has 0 aliphatic rings. The Morgan fingerprint density at radius 2 is 2.05 bits per heavy atom. The van der Waals surface area contributed by atoms with Crippen molar-refractivity contribution in [3.8, 4) is 5.69 Å². The summed E-state index contributed by atoms with van der Waals surface area (Å²) < 4.78 is 38.1. The van der Waals surface area contributed by atoms with E-state index in [0.717, 1.165) is 16.9 Å². The van der Waals surface area contributed by atoms with Crippen LogP contribution in [0.15, 0.2) is 30.6 Å². The molecular formula is C10H5ClF3N3O2. The maximum Gasteiger partial charge on any atom is 0.419 e. The first-order chi connectivity index (χ1) is 8.79. The second-order valence-electron chi connectivity index (χ2n) is 3.56. The molecule has 0 radical (unpaired) electrons. The van der Waals surface area contributed by atoms with E-state index in [1.165, 1.54) is 12.1 Å². The highest BCUT2D eigenvalue weighted by molar-refractivity contribution is 6.32. The molecule has 5 nitrogen and oxygen atoms in total. The van der Waals surface area contributed by atoms with E-state index in [1.54, 1.807) is 0 Å². The minimum Gasteiger partial charge on any atom is -0.258 e. The lowest BCUT2D eigenvalue weighted by atomic mass is 10.3. The molecule has 0 amide bonds. The van der Waals surface area contributed by atoms with Gasteiger partial charge >= 0.3 is 6.18 Å². The molecule has 0 atom stereocenters. The van der Waals surface area contributed by atoms with Crippen molar-refractivity contribution < 1.29 is 18.1 Å². The van der Waals surface area contributed by atoms with Gasteiger partial charge in [-0.15, -0.1) is 0 Å². The van der Waals surface area contributed by atoms with Crippen LogP contribution in [-0.4, -0.2) is 14.7 Å². The summed E-state index contributed by atoms with van der Waals surface area (Å²) in [4.78, 5) is 9.87. The molecule has 1 aromatic heterocycles. The lowest BCUT2D eigenvalue weighted by Gasteiger charge is -2.03. The third kappa shape index (κ3) is 2.68. The van der Waals surface area contributed by atoms with Gasteiger partial charge in [-0.05, 0) is 12.1 Å². The van der Waals surface area contributed by atoms with Crippen molar-refractivity contribution in [2.24, 2.45) is 0 Å². The van der Waals surface area contributed by atoms with Crippen molar-refractivity contribution in [2.75, 3.05) is 0 Å². The smallest absolute Gasteiger partial charge is 0.258 e. The van der Waals surface area contributed by atoms with Gasteiger partial charge in [0.25, 0.3) is 5.69 Å². The van der Waals surface area contributed by atoms with Gasteiger partial charge in [0.2, 0.25) is 0 Å². The van der Waals surface area contributed by atoms with Crippen LogP contribution in [0.2, 0.25) is 5.02 Å². The van der Waals surface area contributed by atoms with Crippen LogP contribution in [0.5, 0.6) is 0 Å². The fourth-order valence-corrected chi connectivity index (χ4v) is 1.64.